The molecule has 0 aromatic carbocycles. The lowest BCUT2D eigenvalue weighted by molar-refractivity contribution is 0.518. The van der Waals surface area contributed by atoms with Crippen LogP contribution >= 0.6 is 11.6 Å². The van der Waals surface area contributed by atoms with Gasteiger partial charge in [-0.2, -0.15) is 5.10 Å². The Labute approximate surface area is 65.8 Å². The van der Waals surface area contributed by atoms with Gasteiger partial charge in [-0.3, -0.25) is 4.68 Å². The molecule has 0 saturated heterocycles. The van der Waals surface area contributed by atoms with Crippen LogP contribution in [0.25, 0.3) is 0 Å². The molecule has 1 aromatic heterocycles. The quantitative estimate of drug-likeness (QED) is 0.612. The summed E-state index contributed by atoms with van der Waals surface area (Å²) in [6, 6.07) is 0.365. The molecule has 1 heterocycles. The summed E-state index contributed by atoms with van der Waals surface area (Å²) < 4.78 is 1.85. The van der Waals surface area contributed by atoms with Crippen molar-refractivity contribution in [3.63, 3.8) is 0 Å². The molecule has 0 saturated carbocycles. The molecule has 0 aliphatic heterocycles. The van der Waals surface area contributed by atoms with Crippen molar-refractivity contribution in [2.24, 2.45) is 0 Å². The Bertz CT molecular complexity index is 228. The van der Waals surface area contributed by atoms with Gasteiger partial charge < -0.3 is 0 Å². The Morgan fingerprint density at radius 1 is 1.60 bits per heavy atom. The maximum atomic E-state index is 5.73. The fourth-order valence-corrected chi connectivity index (χ4v) is 0.981. The summed E-state index contributed by atoms with van der Waals surface area (Å²) in [7, 11) is 0. The monoisotopic (exact) mass is 157 g/mol. The smallest absolute Gasteiger partial charge is 0.133 e. The van der Waals surface area contributed by atoms with Crippen molar-refractivity contribution < 1.29 is 0 Å². The molecule has 0 N–H and O–H groups in total. The molecule has 10 heavy (non-hydrogen) atoms. The van der Waals surface area contributed by atoms with Crippen LogP contribution in [0.5, 0.6) is 0 Å². The van der Waals surface area contributed by atoms with E-state index in [0.29, 0.717) is 11.1 Å². The first-order valence-electron chi connectivity index (χ1n) is 3.25. The van der Waals surface area contributed by atoms with Crippen LogP contribution in [0.4, 0.5) is 0 Å². The first-order valence-corrected chi connectivity index (χ1v) is 3.63. The summed E-state index contributed by atoms with van der Waals surface area (Å²) in [5.74, 6) is 0. The largest absolute Gasteiger partial charge is 0.265 e. The van der Waals surface area contributed by atoms with Gasteiger partial charge in [0.25, 0.3) is 0 Å². The molecule has 0 amide bonds. The third-order valence-corrected chi connectivity index (χ3v) is 1.76. The van der Waals surface area contributed by atoms with E-state index in [4.69, 9.17) is 11.6 Å². The van der Waals surface area contributed by atoms with Crippen LogP contribution < -0.4 is 0 Å². The Hall–Kier alpha value is -0.500. The summed E-state index contributed by atoms with van der Waals surface area (Å²) in [6.07, 6.45) is 2.70. The second-order valence-electron chi connectivity index (χ2n) is 2.55. The number of rotatable bonds is 1. The predicted octanol–water partition coefficient (Wildman–Crippen LogP) is 2.23. The molecule has 1 rings (SSSR count). The zero-order chi connectivity index (χ0) is 7.72. The molecule has 0 atom stereocenters. The van der Waals surface area contributed by atoms with Crippen LogP contribution in [0.15, 0.2) is 0 Å². The van der Waals surface area contributed by atoms with Crippen molar-refractivity contribution in [2.45, 2.75) is 26.8 Å². The maximum Gasteiger partial charge on any atom is 0.133 e. The first-order chi connectivity index (χ1) is 4.63. The standard InChI is InChI=1S/C7H10ClN2/c1-5(2)10-6(3)7(8)4-9-10/h5H,1-3H3. The minimum atomic E-state index is 0.365. The fraction of sp³-hybridized carbons (Fsp3) is 0.571. The molecular formula is C7H10ClN2. The summed E-state index contributed by atoms with van der Waals surface area (Å²) in [6.45, 7) is 6.06. The van der Waals surface area contributed by atoms with Gasteiger partial charge in [0.2, 0.25) is 0 Å². The zero-order valence-corrected chi connectivity index (χ0v) is 7.11. The molecule has 55 valence electrons. The van der Waals surface area contributed by atoms with Crippen LogP contribution in [-0.2, 0) is 0 Å². The van der Waals surface area contributed by atoms with Gasteiger partial charge in [0.15, 0.2) is 0 Å². The van der Waals surface area contributed by atoms with Crippen molar-refractivity contribution in [2.75, 3.05) is 0 Å². The summed E-state index contributed by atoms with van der Waals surface area (Å²) in [5.41, 5.74) is 0.983. The molecule has 3 heteroatoms. The van der Waals surface area contributed by atoms with E-state index in [-0.39, 0.29) is 0 Å². The number of aromatic nitrogens is 2. The molecule has 0 spiro atoms. The second kappa shape index (κ2) is 2.62. The highest BCUT2D eigenvalue weighted by atomic mass is 35.5. The van der Waals surface area contributed by atoms with Crippen molar-refractivity contribution in [1.82, 2.24) is 9.78 Å². The van der Waals surface area contributed by atoms with Crippen molar-refractivity contribution in [1.29, 1.82) is 0 Å². The van der Waals surface area contributed by atoms with Crippen molar-refractivity contribution in [3.05, 3.63) is 16.9 Å². The normalized spacial score (nSPS) is 10.9. The van der Waals surface area contributed by atoms with Crippen molar-refractivity contribution >= 4 is 11.6 Å². The van der Waals surface area contributed by atoms with E-state index in [2.05, 4.69) is 25.1 Å². The third kappa shape index (κ3) is 1.16. The number of halogens is 1. The molecular weight excluding hydrogens is 148 g/mol. The van der Waals surface area contributed by atoms with Crippen LogP contribution in [0.1, 0.15) is 25.6 Å². The fourth-order valence-electron chi connectivity index (χ4n) is 0.857. The predicted molar refractivity (Wildman–Crippen MR) is 41.2 cm³/mol. The van der Waals surface area contributed by atoms with E-state index in [0.717, 1.165) is 5.69 Å². The minimum Gasteiger partial charge on any atom is -0.265 e. The minimum absolute atomic E-state index is 0.365. The number of hydrogen-bond donors (Lipinski definition) is 0. The highest BCUT2D eigenvalue weighted by Crippen LogP contribution is 2.15. The molecule has 0 bridgehead atoms. The molecule has 1 radical (unpaired) electrons. The lowest BCUT2D eigenvalue weighted by Crippen LogP contribution is -2.04. The summed E-state index contributed by atoms with van der Waals surface area (Å²) >= 11 is 5.73. The van der Waals surface area contributed by atoms with Gasteiger partial charge in [-0.15, -0.1) is 0 Å². The van der Waals surface area contributed by atoms with E-state index >= 15 is 0 Å². The van der Waals surface area contributed by atoms with Gasteiger partial charge in [0, 0.05) is 6.04 Å². The third-order valence-electron chi connectivity index (χ3n) is 1.41. The van der Waals surface area contributed by atoms with Crippen LogP contribution in [0.2, 0.25) is 5.02 Å². The lowest BCUT2D eigenvalue weighted by Gasteiger charge is -2.06. The Balaban J connectivity index is 3.05. The molecule has 0 aliphatic carbocycles. The van der Waals surface area contributed by atoms with Gasteiger partial charge in [-0.1, -0.05) is 11.6 Å². The van der Waals surface area contributed by atoms with Crippen molar-refractivity contribution in [3.8, 4) is 0 Å². The Morgan fingerprint density at radius 3 is 2.40 bits per heavy atom. The van der Waals surface area contributed by atoms with Gasteiger partial charge in [-0.25, -0.2) is 0 Å². The van der Waals surface area contributed by atoms with E-state index < -0.39 is 0 Å². The van der Waals surface area contributed by atoms with E-state index in [1.807, 2.05) is 11.6 Å². The van der Waals surface area contributed by atoms with Gasteiger partial charge >= 0.3 is 0 Å². The van der Waals surface area contributed by atoms with Gasteiger partial charge in [-0.05, 0) is 20.8 Å². The van der Waals surface area contributed by atoms with Gasteiger partial charge in [0.05, 0.1) is 10.7 Å². The zero-order valence-electron chi connectivity index (χ0n) is 6.35. The summed E-state index contributed by atoms with van der Waals surface area (Å²) in [4.78, 5) is 0. The Kier molecular flexibility index (Phi) is 2.00. The van der Waals surface area contributed by atoms with E-state index in [1.165, 1.54) is 0 Å². The SMILES string of the molecule is Cc1c(Cl)[c]nn1C(C)C. The van der Waals surface area contributed by atoms with Crippen LogP contribution in [0.3, 0.4) is 0 Å². The highest BCUT2D eigenvalue weighted by molar-refractivity contribution is 6.30. The lowest BCUT2D eigenvalue weighted by atomic mass is 10.4. The Morgan fingerprint density at radius 2 is 2.20 bits per heavy atom. The topological polar surface area (TPSA) is 17.8 Å². The average Bonchev–Trinajstić information content (AvgIpc) is 2.14. The van der Waals surface area contributed by atoms with Crippen LogP contribution in [-0.4, -0.2) is 9.78 Å². The highest BCUT2D eigenvalue weighted by Gasteiger charge is 2.05. The van der Waals surface area contributed by atoms with E-state index in [9.17, 15) is 0 Å². The summed E-state index contributed by atoms with van der Waals surface area (Å²) in [5, 5.41) is 4.59. The van der Waals surface area contributed by atoms with E-state index in [1.54, 1.807) is 0 Å². The maximum absolute atomic E-state index is 5.73. The number of hydrogen-bond acceptors (Lipinski definition) is 1. The first kappa shape index (κ1) is 7.61. The molecule has 0 aliphatic rings. The average molecular weight is 158 g/mol. The molecule has 0 fully saturated rings. The number of nitrogens with zero attached hydrogens (tertiary/aromatic N) is 2. The second-order valence-corrected chi connectivity index (χ2v) is 2.93. The van der Waals surface area contributed by atoms with Crippen LogP contribution in [0, 0.1) is 13.1 Å². The van der Waals surface area contributed by atoms with Gasteiger partial charge in [0.1, 0.15) is 6.20 Å². The molecule has 2 nitrogen and oxygen atoms in total. The molecule has 0 unspecified atom stereocenters. The molecule has 1 aromatic rings.